The van der Waals surface area contributed by atoms with E-state index >= 15 is 0 Å². The second-order valence-corrected chi connectivity index (χ2v) is 14.1. The summed E-state index contributed by atoms with van der Waals surface area (Å²) in [6.45, 7) is 0. The number of benzene rings is 3. The molecule has 0 aliphatic rings. The van der Waals surface area contributed by atoms with Crippen LogP contribution in [0.4, 0.5) is 0 Å². The first-order chi connectivity index (χ1) is 9.82. The van der Waals surface area contributed by atoms with Crippen molar-refractivity contribution in [3.8, 4) is 0 Å². The normalized spacial score (nSPS) is 11.2. The molecule has 0 heterocycles. The molecule has 0 aliphatic heterocycles. The van der Waals surface area contributed by atoms with Crippen molar-refractivity contribution in [2.24, 2.45) is 0 Å². The van der Waals surface area contributed by atoms with Crippen molar-refractivity contribution in [3.63, 3.8) is 0 Å². The van der Waals surface area contributed by atoms with Crippen LogP contribution in [0, 0.1) is 0 Å². The fourth-order valence-corrected chi connectivity index (χ4v) is 10.7. The summed E-state index contributed by atoms with van der Waals surface area (Å²) in [7, 11) is 7.30. The summed E-state index contributed by atoms with van der Waals surface area (Å²) in [5.41, 5.74) is 0. The molecule has 0 amide bonds. The Morgan fingerprint density at radius 1 is 0.450 bits per heavy atom. The van der Waals surface area contributed by atoms with E-state index in [0.717, 1.165) is 0 Å². The Balaban J connectivity index is 2.24. The maximum absolute atomic E-state index is 7.30. The van der Waals surface area contributed by atoms with E-state index in [1.54, 1.807) is 0 Å². The molecule has 0 fully saturated rings. The van der Waals surface area contributed by atoms with Gasteiger partial charge in [-0.2, -0.15) is 0 Å². The van der Waals surface area contributed by atoms with E-state index in [9.17, 15) is 0 Å². The van der Waals surface area contributed by atoms with E-state index in [2.05, 4.69) is 72.8 Å². The van der Waals surface area contributed by atoms with Crippen LogP contribution in [0.25, 0.3) is 0 Å². The molecule has 20 heavy (non-hydrogen) atoms. The predicted molar refractivity (Wildman–Crippen MR) is 89.8 cm³/mol. The molecule has 0 spiro atoms. The average Bonchev–Trinajstić information content (AvgIpc) is 2.56. The van der Waals surface area contributed by atoms with Crippen molar-refractivity contribution < 1.29 is 0 Å². The molecule has 2 heteroatoms. The molecule has 0 unspecified atom stereocenters. The first-order valence-corrected chi connectivity index (χ1v) is 12.6. The first-order valence-electron chi connectivity index (χ1n) is 6.67. The first kappa shape index (κ1) is 13.5. The molecular weight excluding hydrogens is 324 g/mol. The third-order valence-corrected chi connectivity index (χ3v) is 14.0. The van der Waals surface area contributed by atoms with Crippen molar-refractivity contribution >= 4 is 35.5 Å². The molecule has 3 rings (SSSR count). The Kier molecular flexibility index (Phi) is 3.95. The number of halogens is 1. The molecule has 3 aromatic rings. The molecule has 0 N–H and O–H groups in total. The van der Waals surface area contributed by atoms with Gasteiger partial charge in [-0.3, -0.25) is 0 Å². The van der Waals surface area contributed by atoms with Crippen LogP contribution in [0.1, 0.15) is 0 Å². The third kappa shape index (κ3) is 2.41. The SMILES string of the molecule is [Cl][Ge]([c]1ccccc1)([c]1ccccc1)[c]1ccccc1. The van der Waals surface area contributed by atoms with Crippen LogP contribution in [0.2, 0.25) is 0 Å². The van der Waals surface area contributed by atoms with Crippen molar-refractivity contribution in [1.29, 1.82) is 0 Å². The molecule has 98 valence electrons. The molecular formula is C18H15ClGe. The zero-order chi connectivity index (χ0) is 13.8. The average molecular weight is 339 g/mol. The van der Waals surface area contributed by atoms with Gasteiger partial charge in [0.1, 0.15) is 0 Å². The van der Waals surface area contributed by atoms with E-state index in [-0.39, 0.29) is 0 Å². The summed E-state index contributed by atoms with van der Waals surface area (Å²) in [4.78, 5) is 0. The van der Waals surface area contributed by atoms with Gasteiger partial charge in [0.2, 0.25) is 0 Å². The number of hydrogen-bond acceptors (Lipinski definition) is 0. The Morgan fingerprint density at radius 3 is 0.950 bits per heavy atom. The standard InChI is InChI=1S/C18H15ClGe/c19-20(16-10-4-1-5-11-16,17-12-6-2-7-13-17)18-14-8-3-9-15-18/h1-15H. The zero-order valence-electron chi connectivity index (χ0n) is 11.0. The van der Waals surface area contributed by atoms with Crippen molar-refractivity contribution in [2.45, 2.75) is 0 Å². The number of rotatable bonds is 3. The van der Waals surface area contributed by atoms with E-state index in [1.165, 1.54) is 13.2 Å². The van der Waals surface area contributed by atoms with Gasteiger partial charge in [0.05, 0.1) is 0 Å². The van der Waals surface area contributed by atoms with Gasteiger partial charge in [0.15, 0.2) is 0 Å². The van der Waals surface area contributed by atoms with Crippen molar-refractivity contribution in [2.75, 3.05) is 0 Å². The molecule has 0 aliphatic carbocycles. The second kappa shape index (κ2) is 5.86. The van der Waals surface area contributed by atoms with E-state index in [1.807, 2.05) is 18.2 Å². The van der Waals surface area contributed by atoms with Gasteiger partial charge in [0.25, 0.3) is 0 Å². The van der Waals surface area contributed by atoms with Gasteiger partial charge in [0, 0.05) is 0 Å². The van der Waals surface area contributed by atoms with Gasteiger partial charge in [-0.25, -0.2) is 0 Å². The minimum atomic E-state index is -3.02. The number of hydrogen-bond donors (Lipinski definition) is 0. The summed E-state index contributed by atoms with van der Waals surface area (Å²) < 4.78 is 3.81. The Morgan fingerprint density at radius 2 is 0.700 bits per heavy atom. The minimum absolute atomic E-state index is 1.27. The Hall–Kier alpha value is -1.51. The fraction of sp³-hybridized carbons (Fsp3) is 0. The van der Waals surface area contributed by atoms with Crippen LogP contribution in [-0.4, -0.2) is 12.3 Å². The van der Waals surface area contributed by atoms with Crippen LogP contribution in [0.3, 0.4) is 0 Å². The third-order valence-electron chi connectivity index (χ3n) is 3.51. The fourth-order valence-electron chi connectivity index (χ4n) is 2.50. The van der Waals surface area contributed by atoms with Crippen LogP contribution in [0.5, 0.6) is 0 Å². The van der Waals surface area contributed by atoms with Gasteiger partial charge >= 0.3 is 127 Å². The maximum atomic E-state index is 7.30. The van der Waals surface area contributed by atoms with Gasteiger partial charge in [-0.05, 0) is 0 Å². The molecule has 0 aromatic heterocycles. The molecule has 0 saturated heterocycles. The molecule has 0 radical (unpaired) electrons. The topological polar surface area (TPSA) is 0 Å². The van der Waals surface area contributed by atoms with Crippen LogP contribution < -0.4 is 13.2 Å². The summed E-state index contributed by atoms with van der Waals surface area (Å²) >= 11 is -3.02. The van der Waals surface area contributed by atoms with Gasteiger partial charge in [-0.15, -0.1) is 0 Å². The van der Waals surface area contributed by atoms with Crippen LogP contribution in [-0.2, 0) is 0 Å². The monoisotopic (exact) mass is 340 g/mol. The van der Waals surface area contributed by atoms with Crippen molar-refractivity contribution in [3.05, 3.63) is 91.0 Å². The Bertz CT molecular complexity index is 569. The molecule has 0 saturated carbocycles. The molecule has 0 atom stereocenters. The van der Waals surface area contributed by atoms with Gasteiger partial charge in [-0.1, -0.05) is 0 Å². The molecule has 0 bridgehead atoms. The molecule has 3 aromatic carbocycles. The summed E-state index contributed by atoms with van der Waals surface area (Å²) in [6, 6.07) is 31.5. The summed E-state index contributed by atoms with van der Waals surface area (Å²) in [5, 5.41) is 0. The van der Waals surface area contributed by atoms with Crippen LogP contribution >= 0.6 is 10.0 Å². The van der Waals surface area contributed by atoms with Gasteiger partial charge < -0.3 is 0 Å². The van der Waals surface area contributed by atoms with E-state index in [0.29, 0.717) is 0 Å². The zero-order valence-corrected chi connectivity index (χ0v) is 13.9. The quantitative estimate of drug-likeness (QED) is 0.644. The van der Waals surface area contributed by atoms with Crippen molar-refractivity contribution in [1.82, 2.24) is 0 Å². The molecule has 0 nitrogen and oxygen atoms in total. The van der Waals surface area contributed by atoms with Crippen LogP contribution in [0.15, 0.2) is 91.0 Å². The predicted octanol–water partition coefficient (Wildman–Crippen LogP) is 2.89. The van der Waals surface area contributed by atoms with E-state index < -0.39 is 12.3 Å². The summed E-state index contributed by atoms with van der Waals surface area (Å²) in [6.07, 6.45) is 0. The van der Waals surface area contributed by atoms with E-state index in [4.69, 9.17) is 10.0 Å². The second-order valence-electron chi connectivity index (χ2n) is 4.76. The Labute approximate surface area is 126 Å². The summed E-state index contributed by atoms with van der Waals surface area (Å²) in [5.74, 6) is 0.